The van der Waals surface area contributed by atoms with Gasteiger partial charge in [-0.2, -0.15) is 11.3 Å². The molecule has 1 heterocycles. The molecule has 0 N–H and O–H groups in total. The van der Waals surface area contributed by atoms with E-state index in [0.717, 1.165) is 11.1 Å². The molecule has 3 heteroatoms. The number of halogens is 1. The van der Waals surface area contributed by atoms with Crippen molar-refractivity contribution in [2.45, 2.75) is 11.9 Å². The van der Waals surface area contributed by atoms with Crippen LogP contribution in [0.25, 0.3) is 11.1 Å². The van der Waals surface area contributed by atoms with Gasteiger partial charge in [-0.25, -0.2) is 0 Å². The van der Waals surface area contributed by atoms with E-state index in [1.165, 1.54) is 22.3 Å². The first kappa shape index (κ1) is 14.4. The standard InChI is InChI=1S/C18H15BrOS/c19-11-14-3-2-6-18(10-14)20-12-15-4-1-5-16(9-15)17-7-8-21-13-17/h1-10,13H,11-12H2. The van der Waals surface area contributed by atoms with Crippen LogP contribution >= 0.6 is 27.3 Å². The van der Waals surface area contributed by atoms with Gasteiger partial charge < -0.3 is 4.74 Å². The Hall–Kier alpha value is -1.58. The van der Waals surface area contributed by atoms with E-state index in [4.69, 9.17) is 4.74 Å². The van der Waals surface area contributed by atoms with Crippen LogP contribution in [0.5, 0.6) is 5.75 Å². The SMILES string of the molecule is BrCc1cccc(OCc2cccc(-c3ccsc3)c2)c1. The lowest BCUT2D eigenvalue weighted by Crippen LogP contribution is -1.96. The summed E-state index contributed by atoms with van der Waals surface area (Å²) in [6.07, 6.45) is 0. The minimum absolute atomic E-state index is 0.587. The summed E-state index contributed by atoms with van der Waals surface area (Å²) in [6.45, 7) is 0.587. The lowest BCUT2D eigenvalue weighted by atomic mass is 10.1. The molecule has 21 heavy (non-hydrogen) atoms. The first-order valence-corrected chi connectivity index (χ1v) is 8.81. The molecule has 0 saturated carbocycles. The summed E-state index contributed by atoms with van der Waals surface area (Å²) in [5.74, 6) is 0.910. The molecule has 106 valence electrons. The van der Waals surface area contributed by atoms with E-state index in [1.807, 2.05) is 12.1 Å². The van der Waals surface area contributed by atoms with E-state index in [-0.39, 0.29) is 0 Å². The van der Waals surface area contributed by atoms with Crippen LogP contribution in [0.4, 0.5) is 0 Å². The first-order valence-electron chi connectivity index (χ1n) is 6.74. The summed E-state index contributed by atoms with van der Waals surface area (Å²) in [5, 5.41) is 5.11. The number of hydrogen-bond donors (Lipinski definition) is 0. The van der Waals surface area contributed by atoms with Crippen LogP contribution in [0, 0.1) is 0 Å². The zero-order valence-electron chi connectivity index (χ0n) is 11.5. The molecule has 1 nitrogen and oxygen atoms in total. The van der Waals surface area contributed by atoms with Crippen molar-refractivity contribution in [3.63, 3.8) is 0 Å². The molecule has 0 fully saturated rings. The van der Waals surface area contributed by atoms with Gasteiger partial charge in [-0.05, 0) is 57.3 Å². The molecule has 0 aliphatic carbocycles. The van der Waals surface area contributed by atoms with Gasteiger partial charge in [0.15, 0.2) is 0 Å². The fourth-order valence-corrected chi connectivity index (χ4v) is 3.17. The Labute approximate surface area is 137 Å². The molecule has 1 aromatic heterocycles. The number of rotatable bonds is 5. The highest BCUT2D eigenvalue weighted by atomic mass is 79.9. The topological polar surface area (TPSA) is 9.23 Å². The third kappa shape index (κ3) is 3.74. The van der Waals surface area contributed by atoms with Crippen LogP contribution in [-0.4, -0.2) is 0 Å². The van der Waals surface area contributed by atoms with Gasteiger partial charge in [0.2, 0.25) is 0 Å². The third-order valence-electron chi connectivity index (χ3n) is 3.24. The van der Waals surface area contributed by atoms with Crippen molar-refractivity contribution < 1.29 is 4.74 Å². The van der Waals surface area contributed by atoms with Crippen LogP contribution in [0.1, 0.15) is 11.1 Å². The highest BCUT2D eigenvalue weighted by Gasteiger charge is 2.01. The van der Waals surface area contributed by atoms with E-state index in [1.54, 1.807) is 11.3 Å². The molecule has 0 aliphatic rings. The van der Waals surface area contributed by atoms with Crippen molar-refractivity contribution >= 4 is 27.3 Å². The molecule has 0 bridgehead atoms. The summed E-state index contributed by atoms with van der Waals surface area (Å²) in [5.41, 5.74) is 4.91. The maximum Gasteiger partial charge on any atom is 0.120 e. The van der Waals surface area contributed by atoms with Gasteiger partial charge in [0.1, 0.15) is 12.4 Å². The summed E-state index contributed by atoms with van der Waals surface area (Å²) in [7, 11) is 0. The molecule has 0 radical (unpaired) electrons. The average Bonchev–Trinajstić information content (AvgIpc) is 3.08. The maximum absolute atomic E-state index is 5.89. The minimum Gasteiger partial charge on any atom is -0.489 e. The number of hydrogen-bond acceptors (Lipinski definition) is 2. The van der Waals surface area contributed by atoms with Crippen molar-refractivity contribution in [2.24, 2.45) is 0 Å². The predicted octanol–water partition coefficient (Wildman–Crippen LogP) is 5.89. The zero-order chi connectivity index (χ0) is 14.5. The number of thiophene rings is 1. The Morgan fingerprint density at radius 2 is 1.76 bits per heavy atom. The Balaban J connectivity index is 1.72. The van der Waals surface area contributed by atoms with Crippen molar-refractivity contribution in [1.29, 1.82) is 0 Å². The largest absolute Gasteiger partial charge is 0.489 e. The number of alkyl halides is 1. The van der Waals surface area contributed by atoms with Crippen molar-refractivity contribution in [1.82, 2.24) is 0 Å². The van der Waals surface area contributed by atoms with Gasteiger partial charge in [0.25, 0.3) is 0 Å². The van der Waals surface area contributed by atoms with E-state index in [0.29, 0.717) is 6.61 Å². The minimum atomic E-state index is 0.587. The van der Waals surface area contributed by atoms with E-state index < -0.39 is 0 Å². The molecule has 0 atom stereocenters. The molecule has 0 spiro atoms. The van der Waals surface area contributed by atoms with Crippen LogP contribution in [-0.2, 0) is 11.9 Å². The van der Waals surface area contributed by atoms with Gasteiger partial charge in [-0.3, -0.25) is 0 Å². The molecule has 0 unspecified atom stereocenters. The summed E-state index contributed by atoms with van der Waals surface area (Å²) in [6, 6.07) is 18.8. The van der Waals surface area contributed by atoms with Gasteiger partial charge >= 0.3 is 0 Å². The quantitative estimate of drug-likeness (QED) is 0.516. The summed E-state index contributed by atoms with van der Waals surface area (Å²) >= 11 is 5.18. The molecule has 0 saturated heterocycles. The second kappa shape index (κ2) is 6.92. The number of ether oxygens (including phenoxy) is 1. The van der Waals surface area contributed by atoms with Gasteiger partial charge in [-0.1, -0.05) is 46.3 Å². The Morgan fingerprint density at radius 1 is 0.905 bits per heavy atom. The molecular formula is C18H15BrOS. The Kier molecular flexibility index (Phi) is 4.73. The normalized spacial score (nSPS) is 10.5. The second-order valence-electron chi connectivity index (χ2n) is 4.78. The van der Waals surface area contributed by atoms with Crippen LogP contribution in [0.3, 0.4) is 0 Å². The molecule has 3 aromatic rings. The highest BCUT2D eigenvalue weighted by Crippen LogP contribution is 2.24. The summed E-state index contributed by atoms with van der Waals surface area (Å²) < 4.78 is 5.89. The molecule has 0 amide bonds. The van der Waals surface area contributed by atoms with E-state index >= 15 is 0 Å². The Bertz CT molecular complexity index is 707. The van der Waals surface area contributed by atoms with E-state index in [9.17, 15) is 0 Å². The second-order valence-corrected chi connectivity index (χ2v) is 6.12. The number of benzene rings is 2. The molecule has 2 aromatic carbocycles. The molecule has 3 rings (SSSR count). The van der Waals surface area contributed by atoms with E-state index in [2.05, 4.69) is 69.2 Å². The van der Waals surface area contributed by atoms with Crippen molar-refractivity contribution in [3.05, 3.63) is 76.5 Å². The van der Waals surface area contributed by atoms with Gasteiger partial charge in [0, 0.05) is 5.33 Å². The van der Waals surface area contributed by atoms with Crippen LogP contribution < -0.4 is 4.74 Å². The fourth-order valence-electron chi connectivity index (χ4n) is 2.15. The first-order chi connectivity index (χ1) is 10.3. The molecule has 0 aliphatic heterocycles. The zero-order valence-corrected chi connectivity index (χ0v) is 13.9. The van der Waals surface area contributed by atoms with Crippen molar-refractivity contribution in [2.75, 3.05) is 0 Å². The van der Waals surface area contributed by atoms with Crippen LogP contribution in [0.2, 0.25) is 0 Å². The smallest absolute Gasteiger partial charge is 0.120 e. The van der Waals surface area contributed by atoms with Crippen molar-refractivity contribution in [3.8, 4) is 16.9 Å². The third-order valence-corrected chi connectivity index (χ3v) is 4.57. The predicted molar refractivity (Wildman–Crippen MR) is 93.2 cm³/mol. The van der Waals surface area contributed by atoms with Crippen LogP contribution in [0.15, 0.2) is 65.4 Å². The van der Waals surface area contributed by atoms with Gasteiger partial charge in [-0.15, -0.1) is 0 Å². The molecular weight excluding hydrogens is 344 g/mol. The maximum atomic E-state index is 5.89. The summed E-state index contributed by atoms with van der Waals surface area (Å²) in [4.78, 5) is 0. The monoisotopic (exact) mass is 358 g/mol. The average molecular weight is 359 g/mol. The Morgan fingerprint density at radius 3 is 2.57 bits per heavy atom. The van der Waals surface area contributed by atoms with Gasteiger partial charge in [0.05, 0.1) is 0 Å². The lowest BCUT2D eigenvalue weighted by molar-refractivity contribution is 0.306. The highest BCUT2D eigenvalue weighted by molar-refractivity contribution is 9.08. The lowest BCUT2D eigenvalue weighted by Gasteiger charge is -2.08. The fraction of sp³-hybridized carbons (Fsp3) is 0.111.